The number of carboxylic acid groups (broad SMARTS) is 2. The molecular weight excluding hydrogens is 621 g/mol. The summed E-state index contributed by atoms with van der Waals surface area (Å²) in [6.45, 7) is 16.0. The number of rotatable bonds is 6. The summed E-state index contributed by atoms with van der Waals surface area (Å²) in [7, 11) is 0. The number of aromatic nitrogens is 4. The first-order valence-corrected chi connectivity index (χ1v) is 14.0. The molecule has 3 aromatic heterocycles. The van der Waals surface area contributed by atoms with Crippen LogP contribution in [0.4, 0.5) is 0 Å². The van der Waals surface area contributed by atoms with E-state index in [1.54, 1.807) is 6.92 Å². The fraction of sp³-hybridized carbons (Fsp3) is 0.333. The molecule has 4 N–H and O–H groups in total. The molecule has 2 aliphatic heterocycles. The number of nitrogens with zero attached hydrogens (tertiary/aromatic N) is 2. The number of H-pyrrole nitrogens is 2. The van der Waals surface area contributed by atoms with Gasteiger partial charge in [-0.05, 0) is 86.6 Å². The summed E-state index contributed by atoms with van der Waals surface area (Å²) < 4.78 is 0. The summed E-state index contributed by atoms with van der Waals surface area (Å²) in [5, 5.41) is 19.7. The van der Waals surface area contributed by atoms with Gasteiger partial charge in [0.25, 0.3) is 0 Å². The number of hydrogen-bond donors (Lipinski definition) is 4. The third-order valence-corrected chi connectivity index (χ3v) is 8.76. The predicted octanol–water partition coefficient (Wildman–Crippen LogP) is 4.21. The van der Waals surface area contributed by atoms with E-state index in [-0.39, 0.29) is 94.7 Å². The van der Waals surface area contributed by atoms with E-state index in [1.165, 1.54) is 0 Å². The molecule has 0 saturated heterocycles. The summed E-state index contributed by atoms with van der Waals surface area (Å²) in [5.41, 5.74) is 11.8. The third-order valence-electron chi connectivity index (χ3n) is 8.76. The molecule has 0 amide bonds. The Hall–Kier alpha value is -2.20. The second-order valence-corrected chi connectivity index (χ2v) is 11.1. The Kier molecular flexibility index (Phi) is 11.4. The number of nitrogens with one attached hydrogen (secondary N) is 2. The molecule has 2 aliphatic rings. The number of aromatic amines is 2. The van der Waals surface area contributed by atoms with E-state index >= 15 is 0 Å². The quantitative estimate of drug-likeness (QED) is 0.294. The van der Waals surface area contributed by atoms with Crippen molar-refractivity contribution in [3.8, 4) is 0 Å². The minimum Gasteiger partial charge on any atom is -0.481 e. The number of allylic oxidation sites excluding steroid dienone is 1. The van der Waals surface area contributed by atoms with Crippen molar-refractivity contribution in [1.82, 2.24) is 19.9 Å². The smallest absolute Gasteiger partial charge is 0.481 e. The van der Waals surface area contributed by atoms with Crippen molar-refractivity contribution >= 4 is 51.2 Å². The number of hydrogen-bond acceptors (Lipinski definition) is 4. The molecule has 10 heteroatoms. The van der Waals surface area contributed by atoms with Crippen molar-refractivity contribution in [1.29, 1.82) is 0 Å². The zero-order valence-electron chi connectivity index (χ0n) is 26.1. The van der Waals surface area contributed by atoms with E-state index in [9.17, 15) is 19.8 Å². The fourth-order valence-electron chi connectivity index (χ4n) is 6.32. The van der Waals surface area contributed by atoms with Gasteiger partial charge in [-0.3, -0.25) is 9.78 Å². The van der Waals surface area contributed by atoms with E-state index in [4.69, 9.17) is 9.97 Å². The monoisotopic (exact) mass is 655 g/mol. The Labute approximate surface area is 306 Å². The molecule has 0 spiro atoms. The molecule has 8 bridgehead atoms. The van der Waals surface area contributed by atoms with Crippen LogP contribution in [-0.2, 0) is 35.5 Å². The van der Waals surface area contributed by atoms with Crippen molar-refractivity contribution in [3.63, 3.8) is 0 Å². The molecule has 0 unspecified atom stereocenters. The van der Waals surface area contributed by atoms with Gasteiger partial charge in [-0.25, -0.2) is 9.78 Å². The Morgan fingerprint density at radius 3 is 2.21 bits per heavy atom. The Morgan fingerprint density at radius 2 is 1.60 bits per heavy atom. The van der Waals surface area contributed by atoms with Gasteiger partial charge in [0, 0.05) is 57.3 Å². The normalized spacial score (nSPS) is 16.0. The number of fused-ring (bicyclic) bond motifs is 8. The summed E-state index contributed by atoms with van der Waals surface area (Å²) in [4.78, 5) is 41.1. The van der Waals surface area contributed by atoms with Crippen molar-refractivity contribution < 1.29 is 90.7 Å². The van der Waals surface area contributed by atoms with Gasteiger partial charge in [-0.15, -0.1) is 0 Å². The van der Waals surface area contributed by atoms with Gasteiger partial charge in [0.15, 0.2) is 0 Å². The maximum absolute atomic E-state index is 12.5. The zero-order chi connectivity index (χ0) is 29.7. The molecule has 0 aromatic carbocycles. The second kappa shape index (κ2) is 13.8. The van der Waals surface area contributed by atoms with Crippen molar-refractivity contribution in [2.24, 2.45) is 0 Å². The van der Waals surface area contributed by atoms with Crippen LogP contribution < -0.4 is 51.4 Å². The summed E-state index contributed by atoms with van der Waals surface area (Å²) in [6.07, 6.45) is 3.02. The molecule has 5 heterocycles. The summed E-state index contributed by atoms with van der Waals surface area (Å²) in [6, 6.07) is 6.04. The zero-order valence-corrected chi connectivity index (χ0v) is 32.2. The summed E-state index contributed by atoms with van der Waals surface area (Å²) in [5.74, 6) is -2.20. The number of aliphatic carboxylic acids is 2. The van der Waals surface area contributed by atoms with Crippen LogP contribution in [0.2, 0.25) is 0 Å². The molecule has 43 heavy (non-hydrogen) atoms. The molecule has 8 nitrogen and oxygen atoms in total. The average molecular weight is 657 g/mol. The van der Waals surface area contributed by atoms with Gasteiger partial charge in [0.2, 0.25) is 0 Å². The number of carboxylic acids is 2. The molecule has 0 fully saturated rings. The SMILES string of the molecule is C=Cc1c(C)c2cc3nc(c(C)c4nc(cc5[nH]c(cc1[nH]2)c(C)c5CC)C(C)=C4C(=O)O)[C@@H](CCC(=O)O)[C@@H]3C.[K+].[Zn+2]. The van der Waals surface area contributed by atoms with Crippen LogP contribution in [0, 0.1) is 20.8 Å². The number of carbonyl (C=O) groups is 2. The molecule has 0 saturated carbocycles. The van der Waals surface area contributed by atoms with Crippen LogP contribution >= 0.6 is 0 Å². The average Bonchev–Trinajstić information content (AvgIpc) is 3.60. The minimum atomic E-state index is -1.05. The molecule has 0 aliphatic carbocycles. The first kappa shape index (κ1) is 35.3. The first-order chi connectivity index (χ1) is 19.5. The van der Waals surface area contributed by atoms with Gasteiger partial charge in [0.1, 0.15) is 0 Å². The van der Waals surface area contributed by atoms with E-state index in [0.717, 1.165) is 56.4 Å². The van der Waals surface area contributed by atoms with Gasteiger partial charge in [0.05, 0.1) is 17.0 Å². The molecule has 3 aromatic rings. The van der Waals surface area contributed by atoms with Crippen LogP contribution in [0.15, 0.2) is 24.8 Å². The third kappa shape index (κ3) is 6.33. The predicted molar refractivity (Wildman–Crippen MR) is 163 cm³/mol. The van der Waals surface area contributed by atoms with Gasteiger partial charge >= 0.3 is 82.8 Å². The van der Waals surface area contributed by atoms with Crippen molar-refractivity contribution in [3.05, 3.63) is 75.4 Å². The molecule has 2 atom stereocenters. The van der Waals surface area contributed by atoms with Crippen molar-refractivity contribution in [2.75, 3.05) is 0 Å². The molecular formula is C33H36KN4O4Zn+3. The molecule has 5 rings (SSSR count). The van der Waals surface area contributed by atoms with E-state index < -0.39 is 11.9 Å². The maximum atomic E-state index is 12.5. The molecule has 0 radical (unpaired) electrons. The van der Waals surface area contributed by atoms with E-state index in [0.29, 0.717) is 34.6 Å². The van der Waals surface area contributed by atoms with Crippen LogP contribution in [0.1, 0.15) is 96.0 Å². The largest absolute Gasteiger partial charge is 2.00 e. The van der Waals surface area contributed by atoms with Crippen molar-refractivity contribution in [2.45, 2.75) is 72.6 Å². The van der Waals surface area contributed by atoms with Crippen LogP contribution in [0.3, 0.4) is 0 Å². The maximum Gasteiger partial charge on any atom is 2.00 e. The Balaban J connectivity index is 0.00000253. The van der Waals surface area contributed by atoms with E-state index in [1.807, 2.05) is 39.0 Å². The number of aryl methyl sites for hydroxylation is 3. The van der Waals surface area contributed by atoms with Gasteiger partial charge in [-0.1, -0.05) is 26.5 Å². The Morgan fingerprint density at radius 1 is 0.953 bits per heavy atom. The summed E-state index contributed by atoms with van der Waals surface area (Å²) >= 11 is 0. The fourth-order valence-corrected chi connectivity index (χ4v) is 6.32. The minimum absolute atomic E-state index is 0. The topological polar surface area (TPSA) is 132 Å². The van der Waals surface area contributed by atoms with Gasteiger partial charge in [-0.2, -0.15) is 0 Å². The second-order valence-electron chi connectivity index (χ2n) is 11.1. The standard InChI is InChI=1S/C33H36N4O4.K.Zn/c1-8-20-15(3)23-12-25-17(5)22(10-11-29(38)39)31(36-25)19(7)32-30(33(40)41)18(6)26(37-32)14-28-21(9-2)16(4)24(35-28)13-27(20)34-23;;/h8,12-14,17,22,34-35H,1,9-11H2,2-7H3,(H,38,39)(H,40,41);;/q;+1;+2/t17-,22-;;/m0../s1. The van der Waals surface area contributed by atoms with Crippen LogP contribution in [0.25, 0.3) is 39.3 Å². The van der Waals surface area contributed by atoms with Crippen LogP contribution in [-0.4, -0.2) is 42.1 Å². The Bertz CT molecular complexity index is 1840. The van der Waals surface area contributed by atoms with Gasteiger partial charge < -0.3 is 20.2 Å². The van der Waals surface area contributed by atoms with E-state index in [2.05, 4.69) is 36.5 Å². The van der Waals surface area contributed by atoms with Crippen LogP contribution in [0.5, 0.6) is 0 Å². The molecule has 212 valence electrons. The first-order valence-electron chi connectivity index (χ1n) is 14.0.